The van der Waals surface area contributed by atoms with Crippen molar-refractivity contribution in [2.45, 2.75) is 12.5 Å². The summed E-state index contributed by atoms with van der Waals surface area (Å²) in [5.74, 6) is -1.04. The zero-order chi connectivity index (χ0) is 16.9. The minimum atomic E-state index is -0.881. The van der Waals surface area contributed by atoms with Crippen molar-refractivity contribution in [2.24, 2.45) is 4.99 Å². The number of rotatable bonds is 3. The van der Waals surface area contributed by atoms with E-state index in [1.165, 1.54) is 18.2 Å². The van der Waals surface area contributed by atoms with Crippen LogP contribution in [0.1, 0.15) is 6.42 Å². The Bertz CT molecular complexity index is 792. The number of hydrogen-bond donors (Lipinski definition) is 3. The first-order valence-corrected chi connectivity index (χ1v) is 7.36. The molecule has 7 heteroatoms. The summed E-state index contributed by atoms with van der Waals surface area (Å²) >= 11 is 0. The average Bonchev–Trinajstić information content (AvgIpc) is 2.55. The number of anilines is 2. The molecule has 6 nitrogen and oxygen atoms in total. The number of amides is 2. The SMILES string of the molecule is O=C1CC(C(=O)Nc2cccc(F)c2)N=C(Nc2ccccc2)N1. The van der Waals surface area contributed by atoms with Gasteiger partial charge in [-0.2, -0.15) is 0 Å². The Balaban J connectivity index is 1.73. The second-order valence-electron chi connectivity index (χ2n) is 5.24. The van der Waals surface area contributed by atoms with E-state index in [2.05, 4.69) is 20.9 Å². The van der Waals surface area contributed by atoms with Crippen molar-refractivity contribution in [3.05, 3.63) is 60.4 Å². The van der Waals surface area contributed by atoms with Crippen molar-refractivity contribution >= 4 is 29.1 Å². The lowest BCUT2D eigenvalue weighted by Crippen LogP contribution is -2.45. The van der Waals surface area contributed by atoms with Gasteiger partial charge in [0.05, 0.1) is 6.42 Å². The van der Waals surface area contributed by atoms with E-state index >= 15 is 0 Å². The topological polar surface area (TPSA) is 82.6 Å². The standard InChI is InChI=1S/C17H15FN4O2/c18-11-5-4-8-13(9-11)19-16(24)14-10-15(23)22-17(21-14)20-12-6-2-1-3-7-12/h1-9,14H,10H2,(H,19,24)(H2,20,21,22,23). The lowest BCUT2D eigenvalue weighted by atomic mass is 10.1. The number of halogens is 1. The van der Waals surface area contributed by atoms with Crippen LogP contribution in [-0.2, 0) is 9.59 Å². The van der Waals surface area contributed by atoms with Crippen LogP contribution in [0, 0.1) is 5.82 Å². The lowest BCUT2D eigenvalue weighted by molar-refractivity contribution is -0.124. The van der Waals surface area contributed by atoms with Gasteiger partial charge >= 0.3 is 0 Å². The van der Waals surface area contributed by atoms with Gasteiger partial charge in [0.25, 0.3) is 0 Å². The Kier molecular flexibility index (Phi) is 4.51. The van der Waals surface area contributed by atoms with Gasteiger partial charge < -0.3 is 10.6 Å². The summed E-state index contributed by atoms with van der Waals surface area (Å²) in [7, 11) is 0. The molecule has 0 saturated carbocycles. The molecular formula is C17H15FN4O2. The molecule has 2 aromatic carbocycles. The summed E-state index contributed by atoms with van der Waals surface area (Å²) in [5, 5.41) is 8.09. The highest BCUT2D eigenvalue weighted by Gasteiger charge is 2.27. The molecule has 2 amide bonds. The maximum atomic E-state index is 13.2. The van der Waals surface area contributed by atoms with E-state index in [4.69, 9.17) is 0 Å². The molecule has 0 aromatic heterocycles. The molecule has 0 spiro atoms. The maximum Gasteiger partial charge on any atom is 0.249 e. The molecule has 1 unspecified atom stereocenters. The molecule has 0 saturated heterocycles. The van der Waals surface area contributed by atoms with Gasteiger partial charge in [0.2, 0.25) is 17.8 Å². The summed E-state index contributed by atoms with van der Waals surface area (Å²) in [6.07, 6.45) is -0.0683. The van der Waals surface area contributed by atoms with Crippen LogP contribution >= 0.6 is 0 Å². The van der Waals surface area contributed by atoms with Gasteiger partial charge in [-0.25, -0.2) is 9.38 Å². The summed E-state index contributed by atoms with van der Waals surface area (Å²) < 4.78 is 13.2. The fourth-order valence-corrected chi connectivity index (χ4v) is 2.26. The van der Waals surface area contributed by atoms with E-state index < -0.39 is 17.8 Å². The third-order valence-corrected chi connectivity index (χ3v) is 3.35. The van der Waals surface area contributed by atoms with Crippen LogP contribution in [0.4, 0.5) is 15.8 Å². The number of guanidine groups is 1. The Labute approximate surface area is 137 Å². The molecule has 1 aliphatic rings. The minimum Gasteiger partial charge on any atom is -0.326 e. The summed E-state index contributed by atoms with van der Waals surface area (Å²) in [6.45, 7) is 0. The fraction of sp³-hybridized carbons (Fsp3) is 0.118. The Morgan fingerprint density at radius 2 is 1.88 bits per heavy atom. The van der Waals surface area contributed by atoms with Gasteiger partial charge in [0.1, 0.15) is 11.9 Å². The third kappa shape index (κ3) is 3.95. The largest absolute Gasteiger partial charge is 0.326 e. The van der Waals surface area contributed by atoms with Crippen molar-refractivity contribution < 1.29 is 14.0 Å². The first-order chi connectivity index (χ1) is 11.6. The average molecular weight is 326 g/mol. The van der Waals surface area contributed by atoms with Gasteiger partial charge in [0, 0.05) is 11.4 Å². The van der Waals surface area contributed by atoms with Crippen LogP contribution in [0.3, 0.4) is 0 Å². The Morgan fingerprint density at radius 3 is 2.62 bits per heavy atom. The Hall–Kier alpha value is -3.22. The highest BCUT2D eigenvalue weighted by Crippen LogP contribution is 2.13. The summed E-state index contributed by atoms with van der Waals surface area (Å²) in [6, 6.07) is 13.8. The van der Waals surface area contributed by atoms with E-state index in [0.717, 1.165) is 5.69 Å². The highest BCUT2D eigenvalue weighted by atomic mass is 19.1. The molecule has 2 aromatic rings. The number of aliphatic imine (C=N–C) groups is 1. The smallest absolute Gasteiger partial charge is 0.249 e. The number of carbonyl (C=O) groups excluding carboxylic acids is 2. The molecule has 24 heavy (non-hydrogen) atoms. The number of hydrogen-bond acceptors (Lipinski definition) is 4. The second kappa shape index (κ2) is 6.91. The zero-order valence-electron chi connectivity index (χ0n) is 12.6. The highest BCUT2D eigenvalue weighted by molar-refractivity contribution is 6.09. The van der Waals surface area contributed by atoms with Crippen LogP contribution in [0.2, 0.25) is 0 Å². The van der Waals surface area contributed by atoms with Crippen molar-refractivity contribution in [1.82, 2.24) is 5.32 Å². The number of para-hydroxylation sites is 1. The molecule has 0 aliphatic carbocycles. The molecule has 0 bridgehead atoms. The van der Waals surface area contributed by atoms with E-state index in [1.54, 1.807) is 6.07 Å². The normalized spacial score (nSPS) is 16.8. The predicted molar refractivity (Wildman–Crippen MR) is 89.1 cm³/mol. The molecule has 1 atom stereocenters. The summed E-state index contributed by atoms with van der Waals surface area (Å²) in [5.41, 5.74) is 1.06. The number of benzene rings is 2. The van der Waals surface area contributed by atoms with Crippen molar-refractivity contribution in [3.63, 3.8) is 0 Å². The van der Waals surface area contributed by atoms with Gasteiger partial charge in [-0.15, -0.1) is 0 Å². The van der Waals surface area contributed by atoms with Crippen LogP contribution in [0.25, 0.3) is 0 Å². The zero-order valence-corrected chi connectivity index (χ0v) is 12.6. The molecule has 3 N–H and O–H groups in total. The minimum absolute atomic E-state index is 0.0683. The molecule has 122 valence electrons. The number of carbonyl (C=O) groups is 2. The molecule has 3 rings (SSSR count). The van der Waals surface area contributed by atoms with Crippen molar-refractivity contribution in [3.8, 4) is 0 Å². The predicted octanol–water partition coefficient (Wildman–Crippen LogP) is 2.12. The van der Waals surface area contributed by atoms with Crippen molar-refractivity contribution in [2.75, 3.05) is 10.6 Å². The molecule has 0 radical (unpaired) electrons. The maximum absolute atomic E-state index is 13.2. The van der Waals surface area contributed by atoms with E-state index in [0.29, 0.717) is 5.69 Å². The molecule has 1 heterocycles. The van der Waals surface area contributed by atoms with Crippen LogP contribution in [0.15, 0.2) is 59.6 Å². The fourth-order valence-electron chi connectivity index (χ4n) is 2.26. The first kappa shape index (κ1) is 15.7. The van der Waals surface area contributed by atoms with Crippen LogP contribution < -0.4 is 16.0 Å². The van der Waals surface area contributed by atoms with E-state index in [9.17, 15) is 14.0 Å². The van der Waals surface area contributed by atoms with Gasteiger partial charge in [-0.3, -0.25) is 14.9 Å². The monoisotopic (exact) mass is 326 g/mol. The molecule has 0 fully saturated rings. The quantitative estimate of drug-likeness (QED) is 0.808. The van der Waals surface area contributed by atoms with E-state index in [1.807, 2.05) is 30.3 Å². The van der Waals surface area contributed by atoms with Gasteiger partial charge in [0.15, 0.2) is 0 Å². The summed E-state index contributed by atoms with van der Waals surface area (Å²) in [4.78, 5) is 28.3. The van der Waals surface area contributed by atoms with Crippen LogP contribution in [-0.4, -0.2) is 23.8 Å². The van der Waals surface area contributed by atoms with Gasteiger partial charge in [-0.1, -0.05) is 24.3 Å². The van der Waals surface area contributed by atoms with E-state index in [-0.39, 0.29) is 18.3 Å². The van der Waals surface area contributed by atoms with Crippen molar-refractivity contribution in [1.29, 1.82) is 0 Å². The number of nitrogens with zero attached hydrogens (tertiary/aromatic N) is 1. The third-order valence-electron chi connectivity index (χ3n) is 3.35. The Morgan fingerprint density at radius 1 is 1.12 bits per heavy atom. The second-order valence-corrected chi connectivity index (χ2v) is 5.24. The number of nitrogens with one attached hydrogen (secondary N) is 3. The lowest BCUT2D eigenvalue weighted by Gasteiger charge is -2.21. The van der Waals surface area contributed by atoms with Gasteiger partial charge in [-0.05, 0) is 30.3 Å². The molecular weight excluding hydrogens is 311 g/mol. The first-order valence-electron chi connectivity index (χ1n) is 7.36. The molecule has 1 aliphatic heterocycles. The van der Waals surface area contributed by atoms with Crippen LogP contribution in [0.5, 0.6) is 0 Å².